The van der Waals surface area contributed by atoms with Crippen LogP contribution in [0.4, 0.5) is 0 Å². The van der Waals surface area contributed by atoms with Crippen LogP contribution in [-0.4, -0.2) is 210 Å². The molecule has 84 heavy (non-hydrogen) atoms. The largest absolute Gasteiger partial charge is 0.496 e. The van der Waals surface area contributed by atoms with E-state index in [4.69, 9.17) is 15.6 Å². The molecule has 0 saturated carbocycles. The number of H-pyrrole nitrogens is 1. The zero-order valence-corrected chi connectivity index (χ0v) is 49.0. The van der Waals surface area contributed by atoms with E-state index in [1.807, 2.05) is 0 Å². The number of ketones is 2. The maximum atomic E-state index is 15.3. The van der Waals surface area contributed by atoms with Crippen molar-refractivity contribution in [3.8, 4) is 5.75 Å². The number of primary amides is 1. The van der Waals surface area contributed by atoms with Crippen LogP contribution in [0.25, 0.3) is 10.9 Å². The molecule has 6 rings (SSSR count). The van der Waals surface area contributed by atoms with Gasteiger partial charge in [-0.25, -0.2) is 0 Å². The van der Waals surface area contributed by atoms with Gasteiger partial charge in [-0.2, -0.15) is 0 Å². The molecule has 0 spiro atoms. The quantitative estimate of drug-likeness (QED) is 0.0735. The number of fused-ring (bicyclic) bond motifs is 5. The number of aromatic nitrogens is 1. The summed E-state index contributed by atoms with van der Waals surface area (Å²) < 4.78 is 21.1. The molecule has 28 nitrogen and oxygen atoms in total. The van der Waals surface area contributed by atoms with Crippen LogP contribution < -0.4 is 42.4 Å². The van der Waals surface area contributed by atoms with Crippen LogP contribution in [0.2, 0.25) is 0 Å². The van der Waals surface area contributed by atoms with Gasteiger partial charge in [0, 0.05) is 98.0 Å². The predicted molar refractivity (Wildman–Crippen MR) is 300 cm³/mol. The Kier molecular flexibility index (Phi) is 23.4. The number of Topliss-reactive ketones (excluding diaryl/α,β-unsaturated/α-hetero) is 2. The first kappa shape index (κ1) is 66.1. The number of aliphatic hydroxyl groups is 3. The number of carbonyl (C=O) groups is 12. The van der Waals surface area contributed by atoms with Gasteiger partial charge in [-0.05, 0) is 30.0 Å². The minimum absolute atomic E-state index is 0.00349. The van der Waals surface area contributed by atoms with E-state index in [9.17, 15) is 72.9 Å². The second-order valence-electron chi connectivity index (χ2n) is 22.0. The topological polar surface area (TPSA) is 433 Å². The van der Waals surface area contributed by atoms with Crippen molar-refractivity contribution >= 4 is 104 Å². The smallest absolute Gasteiger partial charge is 0.306 e. The van der Waals surface area contributed by atoms with Gasteiger partial charge in [0.05, 0.1) is 79.5 Å². The van der Waals surface area contributed by atoms with E-state index in [2.05, 4.69) is 36.9 Å². The number of nitrogens with zero attached hydrogens (tertiary/aromatic N) is 2. The first-order chi connectivity index (χ1) is 39.7. The number of aromatic amines is 1. The normalized spacial score (nSPS) is 26.0. The molecule has 462 valence electrons. The van der Waals surface area contributed by atoms with Crippen molar-refractivity contribution < 1.29 is 86.9 Å². The first-order valence-corrected chi connectivity index (χ1v) is 30.1. The number of ether oxygens (including phenoxy) is 1. The van der Waals surface area contributed by atoms with Gasteiger partial charge in [0.1, 0.15) is 28.9 Å². The molecule has 2 bridgehead atoms. The summed E-state index contributed by atoms with van der Waals surface area (Å²) >= 11 is 1.44. The van der Waals surface area contributed by atoms with E-state index in [0.29, 0.717) is 41.7 Å². The number of aliphatic carboxylic acids is 1. The molecular weight excluding hydrogens is 1140 g/mol. The highest BCUT2D eigenvalue weighted by Crippen LogP contribution is 2.39. The Morgan fingerprint density at radius 3 is 2.27 bits per heavy atom. The number of rotatable bonds is 17. The van der Waals surface area contributed by atoms with Crippen molar-refractivity contribution in [2.24, 2.45) is 35.3 Å². The summed E-state index contributed by atoms with van der Waals surface area (Å²) in [6.07, 6.45) is -5.77. The number of nitrogens with two attached hydrogens (primary N) is 1. The van der Waals surface area contributed by atoms with E-state index in [1.165, 1.54) is 32.7 Å². The van der Waals surface area contributed by atoms with Crippen molar-refractivity contribution in [3.05, 3.63) is 23.3 Å². The number of nitrogens with one attached hydrogen (secondary N) is 7. The van der Waals surface area contributed by atoms with Gasteiger partial charge in [-0.3, -0.25) is 61.7 Å². The summed E-state index contributed by atoms with van der Waals surface area (Å²) in [5.74, 6) is -15.8. The molecule has 2 unspecified atom stereocenters. The lowest BCUT2D eigenvalue weighted by molar-refractivity contribution is -0.144. The van der Waals surface area contributed by atoms with Crippen LogP contribution in [0.3, 0.4) is 0 Å². The molecule has 1 aromatic carbocycles. The Labute approximate surface area is 490 Å². The highest BCUT2D eigenvalue weighted by Gasteiger charge is 2.45. The van der Waals surface area contributed by atoms with Gasteiger partial charge in [0.15, 0.2) is 11.6 Å². The zero-order valence-electron chi connectivity index (χ0n) is 47.4. The summed E-state index contributed by atoms with van der Waals surface area (Å²) in [7, 11) is -1.03. The molecule has 30 heteroatoms. The second-order valence-corrected chi connectivity index (χ2v) is 24.7. The number of benzene rings is 1. The van der Waals surface area contributed by atoms with Gasteiger partial charge in [0.25, 0.3) is 0 Å². The molecule has 13 N–H and O–H groups in total. The highest BCUT2D eigenvalue weighted by molar-refractivity contribution is 7.99. The third kappa shape index (κ3) is 16.7. The fraction of sp³-hybridized carbons (Fsp3) is 0.630. The SMILES string of the molecule is CC[C@H](C)[C@@H]1CC(=O)CNC(=O)[C@H]2CC(=O)[C@H]([C@@H](C)[C@@H](O)CO)NC(=O)[C@@H]3C[C@@H](O)CN3C(=O)[C@H](CC(N)=O)NC(=O)[C@H](CS(=O)c3[nH]c4c(CSC5CN(C(=O)CCNC(=O)CC(C)C(=O)O)C5)c(OC)ccc4c3C2)NC(=O)CNC1=O. The summed E-state index contributed by atoms with van der Waals surface area (Å²) in [6.45, 7) is 4.06. The number of thioether (sulfide) groups is 1. The zero-order chi connectivity index (χ0) is 61.9. The van der Waals surface area contributed by atoms with Gasteiger partial charge < -0.3 is 77.6 Å². The minimum Gasteiger partial charge on any atom is -0.496 e. The highest BCUT2D eigenvalue weighted by atomic mass is 32.2. The molecule has 2 fully saturated rings. The number of hydrogen-bond donors (Lipinski definition) is 12. The van der Waals surface area contributed by atoms with Crippen LogP contribution in [0.1, 0.15) is 83.8 Å². The van der Waals surface area contributed by atoms with Crippen LogP contribution >= 0.6 is 11.8 Å². The molecule has 1 aromatic heterocycles. The number of amides is 9. The van der Waals surface area contributed by atoms with E-state index < -0.39 is 206 Å². The Balaban J connectivity index is 1.47. The molecular formula is C54H76N10O18S2. The van der Waals surface area contributed by atoms with E-state index in [-0.39, 0.29) is 46.9 Å². The molecule has 2 saturated heterocycles. The van der Waals surface area contributed by atoms with Gasteiger partial charge in [-0.1, -0.05) is 34.1 Å². The molecule has 9 amide bonds. The third-order valence-corrected chi connectivity index (χ3v) is 18.5. The summed E-state index contributed by atoms with van der Waals surface area (Å²) in [5, 5.41) is 56.3. The number of hydrogen-bond acceptors (Lipinski definition) is 18. The molecule has 2 aromatic rings. The van der Waals surface area contributed by atoms with Gasteiger partial charge >= 0.3 is 5.97 Å². The lowest BCUT2D eigenvalue weighted by atomic mass is 9.85. The van der Waals surface area contributed by atoms with Crippen molar-refractivity contribution in [1.82, 2.24) is 46.7 Å². The Bertz CT molecular complexity index is 2900. The summed E-state index contributed by atoms with van der Waals surface area (Å²) in [6, 6.07) is -3.80. The second kappa shape index (κ2) is 29.7. The average Bonchev–Trinajstić information content (AvgIpc) is 1.97. The Morgan fingerprint density at radius 2 is 1.62 bits per heavy atom. The Hall–Kier alpha value is -7.02. The maximum absolute atomic E-state index is 15.3. The number of likely N-dealkylation sites (tertiary alicyclic amines) is 1. The average molecular weight is 1220 g/mol. The molecule has 4 aliphatic rings. The number of carboxylic acid groups (broad SMARTS) is 1. The number of carboxylic acids is 1. The Morgan fingerprint density at radius 1 is 0.917 bits per heavy atom. The summed E-state index contributed by atoms with van der Waals surface area (Å²) in [5.41, 5.74) is 6.57. The van der Waals surface area contributed by atoms with Crippen LogP contribution in [-0.2, 0) is 80.5 Å². The fourth-order valence-corrected chi connectivity index (χ4v) is 13.2. The van der Waals surface area contributed by atoms with E-state index in [1.54, 1.807) is 30.9 Å². The first-order valence-electron chi connectivity index (χ1n) is 27.8. The monoisotopic (exact) mass is 1220 g/mol. The number of carbonyl (C=O) groups excluding carboxylic acids is 11. The molecule has 4 aliphatic heterocycles. The lowest BCUT2D eigenvalue weighted by Crippen LogP contribution is -2.60. The molecule has 5 heterocycles. The number of aliphatic hydroxyl groups excluding tert-OH is 3. The predicted octanol–water partition coefficient (Wildman–Crippen LogP) is -3.37. The van der Waals surface area contributed by atoms with E-state index >= 15 is 4.21 Å². The molecule has 0 radical (unpaired) electrons. The van der Waals surface area contributed by atoms with Gasteiger partial charge in [0.2, 0.25) is 53.2 Å². The molecule has 12 atom stereocenters. The van der Waals surface area contributed by atoms with Crippen LogP contribution in [0.5, 0.6) is 5.75 Å². The van der Waals surface area contributed by atoms with Crippen LogP contribution in [0.15, 0.2) is 17.2 Å². The van der Waals surface area contributed by atoms with Crippen LogP contribution in [0, 0.1) is 29.6 Å². The van der Waals surface area contributed by atoms with Crippen molar-refractivity contribution in [3.63, 3.8) is 0 Å². The molecule has 0 aliphatic carbocycles. The van der Waals surface area contributed by atoms with Crippen molar-refractivity contribution in [2.45, 2.75) is 131 Å². The van der Waals surface area contributed by atoms with Crippen molar-refractivity contribution in [1.29, 1.82) is 0 Å². The van der Waals surface area contributed by atoms with Crippen molar-refractivity contribution in [2.75, 3.05) is 58.7 Å². The summed E-state index contributed by atoms with van der Waals surface area (Å²) in [4.78, 5) is 169. The third-order valence-electron chi connectivity index (χ3n) is 15.9. The standard InChI is InChI=1S/C54H76N10O18S2/c1-6-25(2)33-14-29(66)17-57-48(74)28-12-34-32-7-8-41(82-5)35(23-83-31-20-63(21-31)45(73)9-10-56-43(71)11-26(3)54(79)80)47(32)62-52(34)84(81)24-37(59-44(72)18-58-49(33)75)50(76)60-36(16-42(55)70)53(78)64-19-30(67)15-38(64)51(77)61-46(39(68)13-28)27(4)40(69)22-65/h7-8,25-28,30-31,33,36-38,40,46,62,65,67,69H,6,9-24H2,1-5H3,(H2,55,70)(H,56,71)(H,57,74)(H,58,75)(H,59,72)(H,60,76)(H,61,77)(H,79,80)/t25-,26?,27-,28+,30+,33-,36-,37-,38-,40-,46-,84?/m0/s1. The van der Waals surface area contributed by atoms with Gasteiger partial charge in [-0.15, -0.1) is 11.8 Å². The lowest BCUT2D eigenvalue weighted by Gasteiger charge is -2.39. The maximum Gasteiger partial charge on any atom is 0.306 e. The van der Waals surface area contributed by atoms with E-state index in [0.717, 1.165) is 4.90 Å². The minimum atomic E-state index is -2.44. The fourth-order valence-electron chi connectivity index (χ4n) is 10.6. The number of methoxy groups -OCH3 is 1.